The fourth-order valence-electron chi connectivity index (χ4n) is 4.23. The van der Waals surface area contributed by atoms with E-state index in [4.69, 9.17) is 23.0 Å². The summed E-state index contributed by atoms with van der Waals surface area (Å²) in [6, 6.07) is 3.43. The molecule has 0 bridgehead atoms. The minimum Gasteiger partial charge on any atom is -0.393 e. The first-order chi connectivity index (χ1) is 16.9. The molecule has 1 aromatic rings. The number of nitrogens with two attached hydrogens (primary N) is 1. The van der Waals surface area contributed by atoms with E-state index in [1.165, 1.54) is 12.3 Å². The van der Waals surface area contributed by atoms with Gasteiger partial charge in [-0.15, -0.1) is 0 Å². The monoisotopic (exact) mass is 511 g/mol. The summed E-state index contributed by atoms with van der Waals surface area (Å²) in [6.07, 6.45) is 3.25. The number of hydrazine groups is 1. The summed E-state index contributed by atoms with van der Waals surface area (Å²) in [5.74, 6) is 5.52. The number of nitrogens with zero attached hydrogens (tertiary/aromatic N) is 1. The largest absolute Gasteiger partial charge is 0.393 e. The molecule has 1 aliphatic rings. The maximum atomic E-state index is 14.2. The molecule has 194 valence electrons. The van der Waals surface area contributed by atoms with Crippen molar-refractivity contribution in [2.24, 2.45) is 5.84 Å². The average molecular weight is 512 g/mol. The second kappa shape index (κ2) is 14.8. The molecule has 1 aromatic carbocycles. The zero-order chi connectivity index (χ0) is 25.8. The highest BCUT2D eigenvalue weighted by molar-refractivity contribution is 6.13. The Bertz CT molecular complexity index is 915. The molecule has 1 amide bonds. The summed E-state index contributed by atoms with van der Waals surface area (Å²) in [5.41, 5.74) is 6.40. The van der Waals surface area contributed by atoms with Crippen LogP contribution in [0.15, 0.2) is 24.0 Å². The van der Waals surface area contributed by atoms with E-state index >= 15 is 0 Å². The van der Waals surface area contributed by atoms with Crippen LogP contribution in [0.2, 0.25) is 0 Å². The van der Waals surface area contributed by atoms with Crippen molar-refractivity contribution in [1.82, 2.24) is 25.8 Å². The highest BCUT2D eigenvalue weighted by Gasteiger charge is 2.23. The average Bonchev–Trinajstić information content (AvgIpc) is 2.85. The Hall–Kier alpha value is -2.53. The number of piperidine rings is 1. The topological polar surface area (TPSA) is 118 Å². The SMILES string of the molecule is CN/C=C(\C=N)c1cc(CCNN)c(/C(C)=C(/CCNC=O)NC2CCN(Cl)CC2)cc1C(F)F. The van der Waals surface area contributed by atoms with Gasteiger partial charge >= 0.3 is 0 Å². The first kappa shape index (κ1) is 28.7. The second-order valence-electron chi connectivity index (χ2n) is 8.39. The third kappa shape index (κ3) is 8.28. The van der Waals surface area contributed by atoms with Gasteiger partial charge in [0.05, 0.1) is 0 Å². The number of carbonyl (C=O) groups excluding carboxylic acids is 1. The van der Waals surface area contributed by atoms with Gasteiger partial charge in [0.2, 0.25) is 6.41 Å². The molecule has 1 saturated heterocycles. The number of halogens is 3. The Kier molecular flexibility index (Phi) is 12.1. The molecule has 0 unspecified atom stereocenters. The lowest BCUT2D eigenvalue weighted by Gasteiger charge is -2.30. The minimum absolute atomic E-state index is 0.144. The van der Waals surface area contributed by atoms with Crippen LogP contribution in [0, 0.1) is 5.41 Å². The number of hydrogen-bond donors (Lipinski definition) is 6. The number of nitrogens with one attached hydrogen (secondary N) is 5. The first-order valence-corrected chi connectivity index (χ1v) is 12.0. The van der Waals surface area contributed by atoms with Crippen LogP contribution < -0.4 is 27.2 Å². The molecule has 0 saturated carbocycles. The Morgan fingerprint density at radius 2 is 2.00 bits per heavy atom. The van der Waals surface area contributed by atoms with Crippen molar-refractivity contribution in [2.75, 3.05) is 33.2 Å². The van der Waals surface area contributed by atoms with Gasteiger partial charge in [0, 0.05) is 74.9 Å². The van der Waals surface area contributed by atoms with E-state index in [1.807, 2.05) is 6.92 Å². The van der Waals surface area contributed by atoms with Crippen molar-refractivity contribution in [3.05, 3.63) is 46.3 Å². The first-order valence-electron chi connectivity index (χ1n) is 11.7. The Morgan fingerprint density at radius 1 is 1.29 bits per heavy atom. The van der Waals surface area contributed by atoms with Crippen LogP contribution in [0.4, 0.5) is 8.78 Å². The zero-order valence-electron chi connectivity index (χ0n) is 20.3. The molecule has 2 rings (SSSR count). The van der Waals surface area contributed by atoms with Crippen LogP contribution in [0.3, 0.4) is 0 Å². The van der Waals surface area contributed by atoms with Gasteiger partial charge in [-0.1, -0.05) is 0 Å². The van der Waals surface area contributed by atoms with Crippen molar-refractivity contribution in [3.8, 4) is 0 Å². The minimum atomic E-state index is -2.72. The van der Waals surface area contributed by atoms with Gasteiger partial charge in [-0.2, -0.15) is 0 Å². The lowest BCUT2D eigenvalue weighted by atomic mass is 9.89. The fraction of sp³-hybridized carbons (Fsp3) is 0.500. The normalized spacial score (nSPS) is 16.1. The van der Waals surface area contributed by atoms with Crippen molar-refractivity contribution in [3.63, 3.8) is 0 Å². The van der Waals surface area contributed by atoms with Crippen molar-refractivity contribution >= 4 is 35.5 Å². The summed E-state index contributed by atoms with van der Waals surface area (Å²) in [7, 11) is 1.66. The lowest BCUT2D eigenvalue weighted by molar-refractivity contribution is -0.109. The molecule has 0 spiro atoms. The van der Waals surface area contributed by atoms with Gasteiger partial charge in [-0.05, 0) is 72.4 Å². The molecule has 1 heterocycles. The van der Waals surface area contributed by atoms with Crippen LogP contribution in [-0.2, 0) is 11.2 Å². The van der Waals surface area contributed by atoms with Crippen LogP contribution in [0.25, 0.3) is 11.1 Å². The van der Waals surface area contributed by atoms with Crippen molar-refractivity contribution in [1.29, 1.82) is 5.41 Å². The summed E-state index contributed by atoms with van der Waals surface area (Å²) < 4.78 is 30.2. The molecule has 7 N–H and O–H groups in total. The highest BCUT2D eigenvalue weighted by atomic mass is 35.5. The van der Waals surface area contributed by atoms with Gasteiger partial charge in [0.1, 0.15) is 0 Å². The summed E-state index contributed by atoms with van der Waals surface area (Å²) in [4.78, 5) is 10.8. The standard InChI is InChI=1S/C24H36ClF2N7O/c1-16(23(4-7-31-15-35)33-19-5-9-34(25)10-6-19)20-12-22(24(26)27)21(18(13-28)14-30-2)11-17(20)3-8-32-29/h11-15,19,24,28,30,32-33H,3-10,29H2,1-2H3,(H,31,35)/b18-14+,23-16-,28-13?. The van der Waals surface area contributed by atoms with E-state index in [-0.39, 0.29) is 11.6 Å². The molecule has 1 aliphatic heterocycles. The number of amides is 1. The predicted molar refractivity (Wildman–Crippen MR) is 138 cm³/mol. The predicted octanol–water partition coefficient (Wildman–Crippen LogP) is 2.91. The van der Waals surface area contributed by atoms with Crippen LogP contribution in [0.1, 0.15) is 54.9 Å². The van der Waals surface area contributed by atoms with Crippen LogP contribution in [-0.4, -0.2) is 56.3 Å². The molecule has 8 nitrogen and oxygen atoms in total. The maximum absolute atomic E-state index is 14.2. The summed E-state index contributed by atoms with van der Waals surface area (Å²) in [5, 5.41) is 16.8. The third-order valence-corrected chi connectivity index (χ3v) is 6.43. The Balaban J connectivity index is 2.61. The number of allylic oxidation sites excluding steroid dienone is 2. The number of hydrogen-bond acceptors (Lipinski definition) is 7. The number of alkyl halides is 2. The molecule has 0 aliphatic carbocycles. The van der Waals surface area contributed by atoms with E-state index in [0.717, 1.165) is 49.0 Å². The summed E-state index contributed by atoms with van der Waals surface area (Å²) in [6.45, 7) is 4.28. The Morgan fingerprint density at radius 3 is 2.57 bits per heavy atom. The molecular formula is C24H36ClF2N7O. The number of rotatable bonds is 14. The number of carbonyl (C=O) groups is 1. The highest BCUT2D eigenvalue weighted by Crippen LogP contribution is 2.34. The molecule has 0 atom stereocenters. The summed E-state index contributed by atoms with van der Waals surface area (Å²) >= 11 is 6.10. The molecule has 0 aromatic heterocycles. The lowest BCUT2D eigenvalue weighted by Crippen LogP contribution is -2.39. The van der Waals surface area contributed by atoms with Crippen molar-refractivity contribution in [2.45, 2.75) is 45.1 Å². The smallest absolute Gasteiger partial charge is 0.264 e. The van der Waals surface area contributed by atoms with E-state index in [2.05, 4.69) is 21.4 Å². The second-order valence-corrected chi connectivity index (χ2v) is 8.87. The third-order valence-electron chi connectivity index (χ3n) is 6.09. The number of benzene rings is 1. The zero-order valence-corrected chi connectivity index (χ0v) is 21.0. The van der Waals surface area contributed by atoms with Crippen molar-refractivity contribution < 1.29 is 13.6 Å². The molecule has 0 radical (unpaired) electrons. The van der Waals surface area contributed by atoms with Gasteiger partial charge < -0.3 is 21.4 Å². The van der Waals surface area contributed by atoms with Crippen LogP contribution in [0.5, 0.6) is 0 Å². The molecule has 1 fully saturated rings. The van der Waals surface area contributed by atoms with E-state index < -0.39 is 6.43 Å². The molecule has 35 heavy (non-hydrogen) atoms. The fourth-order valence-corrected chi connectivity index (χ4v) is 4.43. The van der Waals surface area contributed by atoms with Gasteiger partial charge in [0.25, 0.3) is 6.43 Å². The van der Waals surface area contributed by atoms with Gasteiger partial charge in [-0.25, -0.2) is 13.2 Å². The molecule has 11 heteroatoms. The maximum Gasteiger partial charge on any atom is 0.264 e. The van der Waals surface area contributed by atoms with E-state index in [0.29, 0.717) is 49.0 Å². The Labute approximate surface area is 210 Å². The van der Waals surface area contributed by atoms with Crippen LogP contribution >= 0.6 is 11.8 Å². The van der Waals surface area contributed by atoms with Gasteiger partial charge in [0.15, 0.2) is 0 Å². The van der Waals surface area contributed by atoms with Gasteiger partial charge in [-0.3, -0.25) is 16.1 Å². The van der Waals surface area contributed by atoms with E-state index in [1.54, 1.807) is 17.5 Å². The quantitative estimate of drug-likeness (QED) is 0.0571. The molecular weight excluding hydrogens is 476 g/mol. The van der Waals surface area contributed by atoms with E-state index in [9.17, 15) is 13.6 Å².